The Morgan fingerprint density at radius 3 is 2.62 bits per heavy atom. The van der Waals surface area contributed by atoms with E-state index in [2.05, 4.69) is 20.0 Å². The Morgan fingerprint density at radius 1 is 1.17 bits per heavy atom. The van der Waals surface area contributed by atoms with E-state index in [-0.39, 0.29) is 11.8 Å². The van der Waals surface area contributed by atoms with Gasteiger partial charge in [-0.3, -0.25) is 9.69 Å². The normalized spacial score (nSPS) is 15.4. The van der Waals surface area contributed by atoms with Crippen LogP contribution in [-0.4, -0.2) is 57.0 Å². The van der Waals surface area contributed by atoms with Gasteiger partial charge in [-0.1, -0.05) is 31.1 Å². The summed E-state index contributed by atoms with van der Waals surface area (Å²) in [4.78, 5) is 26.2. The van der Waals surface area contributed by atoms with Crippen LogP contribution >= 0.6 is 0 Å². The number of nitrogen functional groups attached to an aromatic ring is 1. The highest BCUT2D eigenvalue weighted by molar-refractivity contribution is 5.96. The van der Waals surface area contributed by atoms with Gasteiger partial charge < -0.3 is 15.2 Å². The van der Waals surface area contributed by atoms with Crippen molar-refractivity contribution in [3.8, 4) is 0 Å². The van der Waals surface area contributed by atoms with Gasteiger partial charge in [-0.2, -0.15) is 0 Å². The molecule has 0 bridgehead atoms. The van der Waals surface area contributed by atoms with Gasteiger partial charge in [0.05, 0.1) is 17.8 Å². The molecule has 1 aromatic carbocycles. The number of carbonyl (C=O) groups excluding carboxylic acids is 1. The van der Waals surface area contributed by atoms with Crippen molar-refractivity contribution in [1.29, 1.82) is 0 Å². The fourth-order valence-electron chi connectivity index (χ4n) is 3.73. The molecule has 8 heteroatoms. The first-order chi connectivity index (χ1) is 13.9. The van der Waals surface area contributed by atoms with Gasteiger partial charge in [-0.15, -0.1) is 0 Å². The fraction of sp³-hybridized carbons (Fsp3) is 0.429. The Kier molecular flexibility index (Phi) is 5.19. The number of aromatic nitrogens is 3. The van der Waals surface area contributed by atoms with E-state index in [0.717, 1.165) is 24.0 Å². The summed E-state index contributed by atoms with van der Waals surface area (Å²) in [5, 5.41) is 4.87. The molecule has 152 valence electrons. The summed E-state index contributed by atoms with van der Waals surface area (Å²) in [6, 6.07) is 7.75. The Bertz CT molecular complexity index is 1040. The van der Waals surface area contributed by atoms with Crippen molar-refractivity contribution >= 4 is 22.6 Å². The summed E-state index contributed by atoms with van der Waals surface area (Å²) in [6.45, 7) is 9.23. The van der Waals surface area contributed by atoms with Crippen LogP contribution < -0.4 is 5.73 Å². The summed E-state index contributed by atoms with van der Waals surface area (Å²) in [5.74, 6) is 1.99. The minimum Gasteiger partial charge on any atom is -0.383 e. The van der Waals surface area contributed by atoms with Crippen molar-refractivity contribution in [2.24, 2.45) is 0 Å². The number of hydrogen-bond acceptors (Lipinski definition) is 7. The fourth-order valence-corrected chi connectivity index (χ4v) is 3.73. The van der Waals surface area contributed by atoms with Crippen LogP contribution in [0.25, 0.3) is 10.9 Å². The molecule has 2 aromatic heterocycles. The minimum absolute atomic E-state index is 0.00157. The summed E-state index contributed by atoms with van der Waals surface area (Å²) < 4.78 is 5.38. The van der Waals surface area contributed by atoms with E-state index >= 15 is 0 Å². The summed E-state index contributed by atoms with van der Waals surface area (Å²) >= 11 is 0. The van der Waals surface area contributed by atoms with Gasteiger partial charge in [-0.05, 0) is 19.1 Å². The molecule has 1 amide bonds. The third-order valence-electron chi connectivity index (χ3n) is 5.33. The maximum absolute atomic E-state index is 13.0. The number of para-hydroxylation sites is 1. The molecule has 0 unspecified atom stereocenters. The quantitative estimate of drug-likeness (QED) is 0.726. The number of nitrogens with two attached hydrogens (primary N) is 1. The summed E-state index contributed by atoms with van der Waals surface area (Å²) in [5.41, 5.74) is 8.21. The van der Waals surface area contributed by atoms with Crippen LogP contribution in [0.1, 0.15) is 47.4 Å². The van der Waals surface area contributed by atoms with Crippen molar-refractivity contribution in [3.05, 3.63) is 47.1 Å². The third kappa shape index (κ3) is 3.80. The Labute approximate surface area is 169 Å². The monoisotopic (exact) mass is 394 g/mol. The van der Waals surface area contributed by atoms with Gasteiger partial charge >= 0.3 is 0 Å². The molecule has 29 heavy (non-hydrogen) atoms. The number of piperazine rings is 1. The van der Waals surface area contributed by atoms with E-state index in [4.69, 9.17) is 10.3 Å². The average molecular weight is 394 g/mol. The number of hydrogen-bond donors (Lipinski definition) is 1. The number of anilines is 1. The first-order valence-corrected chi connectivity index (χ1v) is 9.93. The lowest BCUT2D eigenvalue weighted by Gasteiger charge is -2.34. The third-order valence-corrected chi connectivity index (χ3v) is 5.33. The predicted octanol–water partition coefficient (Wildman–Crippen LogP) is 2.59. The second kappa shape index (κ2) is 7.79. The number of nitrogens with zero attached hydrogens (tertiary/aromatic N) is 5. The molecule has 3 aromatic rings. The number of aryl methyl sites for hydroxylation is 1. The second-order valence-electron chi connectivity index (χ2n) is 7.77. The highest BCUT2D eigenvalue weighted by Gasteiger charge is 2.29. The van der Waals surface area contributed by atoms with E-state index in [1.165, 1.54) is 0 Å². The van der Waals surface area contributed by atoms with Crippen LogP contribution in [-0.2, 0) is 6.54 Å². The van der Waals surface area contributed by atoms with Crippen molar-refractivity contribution in [2.75, 3.05) is 31.9 Å². The summed E-state index contributed by atoms with van der Waals surface area (Å²) in [6.07, 6.45) is 0. The van der Waals surface area contributed by atoms with Crippen LogP contribution in [0.15, 0.2) is 28.8 Å². The van der Waals surface area contributed by atoms with E-state index in [1.54, 1.807) is 0 Å². The zero-order valence-corrected chi connectivity index (χ0v) is 17.1. The molecule has 1 aliphatic heterocycles. The largest absolute Gasteiger partial charge is 0.383 e. The predicted molar refractivity (Wildman–Crippen MR) is 110 cm³/mol. The minimum atomic E-state index is -0.00157. The Hall–Kier alpha value is -3.00. The molecule has 0 aliphatic carbocycles. The average Bonchev–Trinajstić information content (AvgIpc) is 3.10. The van der Waals surface area contributed by atoms with Crippen molar-refractivity contribution in [2.45, 2.75) is 33.2 Å². The molecule has 2 N–H and O–H groups in total. The van der Waals surface area contributed by atoms with E-state index in [9.17, 15) is 4.79 Å². The number of rotatable bonds is 4. The number of benzene rings is 1. The lowest BCUT2D eigenvalue weighted by Crippen LogP contribution is -2.48. The van der Waals surface area contributed by atoms with E-state index in [1.807, 2.05) is 49.9 Å². The molecule has 0 saturated carbocycles. The van der Waals surface area contributed by atoms with Crippen LogP contribution in [0.2, 0.25) is 0 Å². The molecule has 0 atom stereocenters. The Morgan fingerprint density at radius 2 is 1.90 bits per heavy atom. The summed E-state index contributed by atoms with van der Waals surface area (Å²) in [7, 11) is 0. The maximum atomic E-state index is 13.0. The van der Waals surface area contributed by atoms with Crippen molar-refractivity contribution < 1.29 is 9.32 Å². The van der Waals surface area contributed by atoms with Crippen molar-refractivity contribution in [3.63, 3.8) is 0 Å². The second-order valence-corrected chi connectivity index (χ2v) is 7.77. The number of fused-ring (bicyclic) bond motifs is 1. The van der Waals surface area contributed by atoms with Gasteiger partial charge in [0.1, 0.15) is 17.2 Å². The van der Waals surface area contributed by atoms with E-state index < -0.39 is 0 Å². The smallest absolute Gasteiger partial charge is 0.259 e. The number of carbonyl (C=O) groups is 1. The molecule has 4 rings (SSSR count). The van der Waals surface area contributed by atoms with Crippen LogP contribution in [0.4, 0.5) is 5.82 Å². The van der Waals surface area contributed by atoms with Crippen LogP contribution in [0.5, 0.6) is 0 Å². The van der Waals surface area contributed by atoms with Crippen molar-refractivity contribution in [1.82, 2.24) is 24.9 Å². The van der Waals surface area contributed by atoms with E-state index in [0.29, 0.717) is 48.3 Å². The highest BCUT2D eigenvalue weighted by Crippen LogP contribution is 2.24. The lowest BCUT2D eigenvalue weighted by atomic mass is 10.0. The molecule has 8 nitrogen and oxygen atoms in total. The number of amides is 1. The zero-order chi connectivity index (χ0) is 20.5. The van der Waals surface area contributed by atoms with Gasteiger partial charge in [0, 0.05) is 37.5 Å². The lowest BCUT2D eigenvalue weighted by molar-refractivity contribution is 0.0622. The first-order valence-electron chi connectivity index (χ1n) is 9.93. The molecule has 3 heterocycles. The zero-order valence-electron chi connectivity index (χ0n) is 17.1. The van der Waals surface area contributed by atoms with Gasteiger partial charge in [-0.25, -0.2) is 9.97 Å². The van der Waals surface area contributed by atoms with Crippen LogP contribution in [0.3, 0.4) is 0 Å². The maximum Gasteiger partial charge on any atom is 0.259 e. The molecule has 1 aliphatic rings. The molecular formula is C21H26N6O2. The highest BCUT2D eigenvalue weighted by atomic mass is 16.5. The van der Waals surface area contributed by atoms with Gasteiger partial charge in [0.15, 0.2) is 5.76 Å². The van der Waals surface area contributed by atoms with Gasteiger partial charge in [0.25, 0.3) is 5.91 Å². The molecule has 1 fully saturated rings. The standard InChI is InChI=1S/C21H26N6O2/c1-13(2)19-18(14(3)25-29-19)21(28)27-10-8-26(9-11-27)12-17-23-16-7-5-4-6-15(16)20(22)24-17/h4-7,13H,8-12H2,1-3H3,(H2,22,23,24). The molecule has 1 saturated heterocycles. The Balaban J connectivity index is 1.42. The SMILES string of the molecule is Cc1noc(C(C)C)c1C(=O)N1CCN(Cc2nc(N)c3ccccc3n2)CC1. The van der Waals surface area contributed by atoms with Crippen LogP contribution in [0, 0.1) is 6.92 Å². The van der Waals surface area contributed by atoms with Gasteiger partial charge in [0.2, 0.25) is 0 Å². The topological polar surface area (TPSA) is 101 Å². The first kappa shape index (κ1) is 19.3. The molecular weight excluding hydrogens is 368 g/mol. The molecule has 0 radical (unpaired) electrons. The molecule has 0 spiro atoms.